The summed E-state index contributed by atoms with van der Waals surface area (Å²) < 4.78 is 17.0. The Labute approximate surface area is 144 Å². The summed E-state index contributed by atoms with van der Waals surface area (Å²) in [5, 5.41) is 8.12. The Balaban J connectivity index is 2.14. The van der Waals surface area contributed by atoms with Gasteiger partial charge in [0, 0.05) is 10.8 Å². The molecule has 3 heteroatoms. The van der Waals surface area contributed by atoms with E-state index in [0.29, 0.717) is 5.75 Å². The van der Waals surface area contributed by atoms with Gasteiger partial charge in [-0.2, -0.15) is 0 Å². The molecule has 0 saturated carbocycles. The average Bonchev–Trinajstić information content (AvgIpc) is 3.07. The quantitative estimate of drug-likeness (QED) is 0.378. The molecule has 4 aromatic carbocycles. The van der Waals surface area contributed by atoms with Crippen LogP contribution in [0.15, 0.2) is 65.3 Å². The molecule has 0 amide bonds. The number of fused-ring (bicyclic) bond motifs is 8. The van der Waals surface area contributed by atoms with Crippen LogP contribution >= 0.6 is 0 Å². The van der Waals surface area contributed by atoms with Crippen LogP contribution < -0.4 is 9.47 Å². The van der Waals surface area contributed by atoms with Crippen LogP contribution in [-0.2, 0) is 0 Å². The maximum absolute atomic E-state index is 5.91. The van der Waals surface area contributed by atoms with Crippen molar-refractivity contribution in [1.29, 1.82) is 0 Å². The van der Waals surface area contributed by atoms with Gasteiger partial charge in [-0.15, -0.1) is 0 Å². The molecule has 0 aliphatic rings. The van der Waals surface area contributed by atoms with Crippen molar-refractivity contribution in [2.45, 2.75) is 0 Å². The van der Waals surface area contributed by atoms with Crippen molar-refractivity contribution in [2.24, 2.45) is 0 Å². The lowest BCUT2D eigenvalue weighted by Gasteiger charge is -2.12. The Morgan fingerprint density at radius 1 is 0.680 bits per heavy atom. The van der Waals surface area contributed by atoms with Gasteiger partial charge < -0.3 is 13.9 Å². The minimum atomic E-state index is 0.700. The highest BCUT2D eigenvalue weighted by molar-refractivity contribution is 6.32. The van der Waals surface area contributed by atoms with Crippen LogP contribution in [0.5, 0.6) is 11.5 Å². The van der Waals surface area contributed by atoms with Crippen LogP contribution in [0.3, 0.4) is 0 Å². The van der Waals surface area contributed by atoms with E-state index in [9.17, 15) is 0 Å². The highest BCUT2D eigenvalue weighted by Gasteiger charge is 2.17. The number of benzene rings is 3. The second-order valence-corrected chi connectivity index (χ2v) is 6.13. The molecule has 0 radical (unpaired) electrons. The van der Waals surface area contributed by atoms with Crippen LogP contribution in [0.1, 0.15) is 0 Å². The van der Waals surface area contributed by atoms with Crippen molar-refractivity contribution in [3.8, 4) is 11.5 Å². The molecule has 5 aromatic rings. The third-order valence-electron chi connectivity index (χ3n) is 4.90. The standard InChI is InChI=1S/C22H16O3/c1-23-19-11-17-18(12-20(19)24-2)22-15(8-5-9-25-22)16-10-13-6-3-4-7-14(13)21(16)17/h3-12H,1-2H3. The SMILES string of the molecule is COc1cc2c(cc1OC)c1c3ccccc3cc1c1cccoc21. The van der Waals surface area contributed by atoms with Crippen LogP contribution in [-0.4, -0.2) is 14.2 Å². The first kappa shape index (κ1) is 14.2. The lowest BCUT2D eigenvalue weighted by Crippen LogP contribution is -1.91. The van der Waals surface area contributed by atoms with E-state index in [4.69, 9.17) is 13.9 Å². The Kier molecular flexibility index (Phi) is 2.92. The zero-order chi connectivity index (χ0) is 17.0. The molecule has 122 valence electrons. The summed E-state index contributed by atoms with van der Waals surface area (Å²) in [5.41, 5.74) is 0.862. The Morgan fingerprint density at radius 3 is 2.16 bits per heavy atom. The fourth-order valence-corrected chi connectivity index (χ4v) is 3.80. The van der Waals surface area contributed by atoms with Crippen molar-refractivity contribution >= 4 is 43.3 Å². The highest BCUT2D eigenvalue weighted by Crippen LogP contribution is 2.44. The molecule has 3 nitrogen and oxygen atoms in total. The van der Waals surface area contributed by atoms with E-state index in [-0.39, 0.29) is 0 Å². The highest BCUT2D eigenvalue weighted by atomic mass is 16.5. The molecule has 0 spiro atoms. The first-order valence-corrected chi connectivity index (χ1v) is 8.18. The topological polar surface area (TPSA) is 31.6 Å². The van der Waals surface area contributed by atoms with Crippen LogP contribution in [0.25, 0.3) is 43.3 Å². The van der Waals surface area contributed by atoms with E-state index in [0.717, 1.165) is 27.5 Å². The van der Waals surface area contributed by atoms with E-state index >= 15 is 0 Å². The third-order valence-corrected chi connectivity index (χ3v) is 4.90. The predicted octanol–water partition coefficient (Wildman–Crippen LogP) is 5.91. The monoisotopic (exact) mass is 328 g/mol. The number of rotatable bonds is 2. The normalized spacial score (nSPS) is 11.6. The van der Waals surface area contributed by atoms with Gasteiger partial charge in [0.25, 0.3) is 0 Å². The maximum atomic E-state index is 5.91. The van der Waals surface area contributed by atoms with Gasteiger partial charge >= 0.3 is 0 Å². The molecule has 0 bridgehead atoms. The molecule has 0 atom stereocenters. The Hall–Kier alpha value is -3.20. The minimum absolute atomic E-state index is 0.700. The second-order valence-electron chi connectivity index (χ2n) is 6.13. The summed E-state index contributed by atoms with van der Waals surface area (Å²) >= 11 is 0. The molecule has 25 heavy (non-hydrogen) atoms. The van der Waals surface area contributed by atoms with Crippen molar-refractivity contribution < 1.29 is 13.9 Å². The first-order valence-electron chi connectivity index (χ1n) is 8.18. The number of hydrogen-bond donors (Lipinski definition) is 0. The lowest BCUT2D eigenvalue weighted by atomic mass is 9.99. The Bertz CT molecular complexity index is 1260. The molecule has 1 heterocycles. The molecule has 0 saturated heterocycles. The molecular formula is C22H16O3. The van der Waals surface area contributed by atoms with Crippen LogP contribution in [0.4, 0.5) is 0 Å². The maximum Gasteiger partial charge on any atom is 0.161 e. The molecule has 0 fully saturated rings. The van der Waals surface area contributed by atoms with Crippen molar-refractivity contribution in [1.82, 2.24) is 0 Å². The summed E-state index contributed by atoms with van der Waals surface area (Å²) in [6, 6.07) is 18.8. The van der Waals surface area contributed by atoms with Gasteiger partial charge in [-0.25, -0.2) is 0 Å². The summed E-state index contributed by atoms with van der Waals surface area (Å²) in [6.07, 6.45) is 1.72. The first-order chi connectivity index (χ1) is 12.3. The molecule has 1 aromatic heterocycles. The lowest BCUT2D eigenvalue weighted by molar-refractivity contribution is 0.356. The van der Waals surface area contributed by atoms with Gasteiger partial charge in [-0.1, -0.05) is 24.3 Å². The van der Waals surface area contributed by atoms with Crippen molar-refractivity contribution in [3.05, 3.63) is 60.9 Å². The smallest absolute Gasteiger partial charge is 0.161 e. The summed E-state index contributed by atoms with van der Waals surface area (Å²) in [4.78, 5) is 0. The van der Waals surface area contributed by atoms with Gasteiger partial charge in [-0.05, 0) is 57.3 Å². The van der Waals surface area contributed by atoms with E-state index in [1.807, 2.05) is 18.2 Å². The fraction of sp³-hybridized carbons (Fsp3) is 0.0909. The largest absolute Gasteiger partial charge is 0.493 e. The summed E-state index contributed by atoms with van der Waals surface area (Å²) in [5.74, 6) is 1.42. The Morgan fingerprint density at radius 2 is 1.36 bits per heavy atom. The van der Waals surface area contributed by atoms with Gasteiger partial charge in [0.15, 0.2) is 11.5 Å². The molecule has 0 N–H and O–H groups in total. The van der Waals surface area contributed by atoms with E-state index < -0.39 is 0 Å². The van der Waals surface area contributed by atoms with Gasteiger partial charge in [0.2, 0.25) is 0 Å². The minimum Gasteiger partial charge on any atom is -0.493 e. The van der Waals surface area contributed by atoms with Crippen LogP contribution in [0.2, 0.25) is 0 Å². The molecule has 0 unspecified atom stereocenters. The van der Waals surface area contributed by atoms with Crippen LogP contribution in [0, 0.1) is 0 Å². The van der Waals surface area contributed by atoms with Gasteiger partial charge in [0.1, 0.15) is 5.58 Å². The van der Waals surface area contributed by atoms with Crippen molar-refractivity contribution in [2.75, 3.05) is 14.2 Å². The number of hydrogen-bond acceptors (Lipinski definition) is 3. The predicted molar refractivity (Wildman–Crippen MR) is 102 cm³/mol. The molecule has 0 aliphatic carbocycles. The average molecular weight is 328 g/mol. The van der Waals surface area contributed by atoms with Gasteiger partial charge in [-0.3, -0.25) is 0 Å². The van der Waals surface area contributed by atoms with E-state index in [1.54, 1.807) is 20.5 Å². The number of methoxy groups -OCH3 is 2. The molecule has 5 rings (SSSR count). The van der Waals surface area contributed by atoms with E-state index in [1.165, 1.54) is 21.5 Å². The zero-order valence-corrected chi connectivity index (χ0v) is 14.0. The summed E-state index contributed by atoms with van der Waals surface area (Å²) in [6.45, 7) is 0. The van der Waals surface area contributed by atoms with E-state index in [2.05, 4.69) is 36.4 Å². The fourth-order valence-electron chi connectivity index (χ4n) is 3.80. The second kappa shape index (κ2) is 5.15. The molecular weight excluding hydrogens is 312 g/mol. The summed E-state index contributed by atoms with van der Waals surface area (Å²) in [7, 11) is 3.31. The third kappa shape index (κ3) is 1.86. The number of ether oxygens (including phenoxy) is 2. The van der Waals surface area contributed by atoms with Gasteiger partial charge in [0.05, 0.1) is 20.5 Å². The zero-order valence-electron chi connectivity index (χ0n) is 14.0. The molecule has 0 aliphatic heterocycles. The van der Waals surface area contributed by atoms with Crippen molar-refractivity contribution in [3.63, 3.8) is 0 Å².